The second kappa shape index (κ2) is 4.66. The molecule has 100 valence electrons. The lowest BCUT2D eigenvalue weighted by atomic mass is 9.55. The highest BCUT2D eigenvalue weighted by Gasteiger charge is 2.46. The summed E-state index contributed by atoms with van der Waals surface area (Å²) >= 11 is 0. The van der Waals surface area contributed by atoms with Gasteiger partial charge in [-0.05, 0) is 61.3 Å². The van der Waals surface area contributed by atoms with Gasteiger partial charge in [0.2, 0.25) is 0 Å². The van der Waals surface area contributed by atoms with E-state index in [0.717, 1.165) is 30.2 Å². The first-order chi connectivity index (χ1) is 9.38. The van der Waals surface area contributed by atoms with Crippen LogP contribution in [0.1, 0.15) is 37.7 Å². The molecule has 1 N–H and O–H groups in total. The van der Waals surface area contributed by atoms with Gasteiger partial charge in [0.15, 0.2) is 0 Å². The number of hydrogen-bond donors (Lipinski definition) is 1. The summed E-state index contributed by atoms with van der Waals surface area (Å²) in [6, 6.07) is 10.6. The molecular weight excluding hydrogens is 232 g/mol. The lowest BCUT2D eigenvalue weighted by molar-refractivity contribution is 0.108. The summed E-state index contributed by atoms with van der Waals surface area (Å²) in [6.07, 6.45) is 7.17. The van der Waals surface area contributed by atoms with Crippen molar-refractivity contribution in [1.29, 1.82) is 0 Å². The lowest BCUT2D eigenvalue weighted by Crippen LogP contribution is -2.46. The van der Waals surface area contributed by atoms with Crippen molar-refractivity contribution in [3.63, 3.8) is 0 Å². The van der Waals surface area contributed by atoms with Gasteiger partial charge >= 0.3 is 0 Å². The number of hydrogen-bond acceptors (Lipinski definition) is 2. The fourth-order valence-electron chi connectivity index (χ4n) is 4.67. The number of nitrogens with one attached hydrogen (secondary N) is 1. The molecule has 2 heteroatoms. The average molecular weight is 254 g/mol. The van der Waals surface area contributed by atoms with Gasteiger partial charge < -0.3 is 5.43 Å². The van der Waals surface area contributed by atoms with Crippen LogP contribution in [-0.2, 0) is 6.54 Å². The van der Waals surface area contributed by atoms with Crippen molar-refractivity contribution in [1.82, 2.24) is 5.43 Å². The third kappa shape index (κ3) is 2.18. The molecule has 0 spiro atoms. The molecule has 4 fully saturated rings. The Kier molecular flexibility index (Phi) is 2.82. The number of hydrazone groups is 1. The van der Waals surface area contributed by atoms with Gasteiger partial charge in [-0.15, -0.1) is 0 Å². The minimum Gasteiger partial charge on any atom is -0.306 e. The topological polar surface area (TPSA) is 24.4 Å². The first kappa shape index (κ1) is 11.5. The van der Waals surface area contributed by atoms with Crippen LogP contribution in [-0.4, -0.2) is 5.71 Å². The summed E-state index contributed by atoms with van der Waals surface area (Å²) < 4.78 is 0. The summed E-state index contributed by atoms with van der Waals surface area (Å²) in [5.41, 5.74) is 6.14. The molecule has 0 aromatic heterocycles. The predicted octanol–water partition coefficient (Wildman–Crippen LogP) is 3.59. The minimum atomic E-state index is 0.805. The van der Waals surface area contributed by atoms with Crippen molar-refractivity contribution in [3.05, 3.63) is 35.9 Å². The molecule has 0 unspecified atom stereocenters. The molecule has 4 saturated carbocycles. The molecule has 2 nitrogen and oxygen atoms in total. The van der Waals surface area contributed by atoms with E-state index < -0.39 is 0 Å². The smallest absolute Gasteiger partial charge is 0.0580 e. The minimum absolute atomic E-state index is 0.805. The van der Waals surface area contributed by atoms with Crippen molar-refractivity contribution in [2.75, 3.05) is 0 Å². The zero-order valence-electron chi connectivity index (χ0n) is 11.4. The number of rotatable bonds is 3. The maximum Gasteiger partial charge on any atom is 0.0580 e. The van der Waals surface area contributed by atoms with Crippen LogP contribution >= 0.6 is 0 Å². The summed E-state index contributed by atoms with van der Waals surface area (Å²) in [6.45, 7) is 0.858. The average Bonchev–Trinajstić information content (AvgIpc) is 2.42. The molecule has 1 aromatic carbocycles. The maximum absolute atomic E-state index is 4.78. The van der Waals surface area contributed by atoms with Gasteiger partial charge in [-0.1, -0.05) is 30.3 Å². The zero-order chi connectivity index (χ0) is 12.7. The first-order valence-electron chi connectivity index (χ1n) is 7.72. The molecule has 1 aromatic rings. The fraction of sp³-hybridized carbons (Fsp3) is 0.588. The molecule has 4 aliphatic carbocycles. The van der Waals surface area contributed by atoms with E-state index >= 15 is 0 Å². The summed E-state index contributed by atoms with van der Waals surface area (Å²) in [4.78, 5) is 0. The van der Waals surface area contributed by atoms with Gasteiger partial charge in [-0.2, -0.15) is 5.10 Å². The third-order valence-electron chi connectivity index (χ3n) is 5.31. The molecule has 0 saturated heterocycles. The number of benzene rings is 1. The van der Waals surface area contributed by atoms with Crippen LogP contribution in [0.4, 0.5) is 0 Å². The fourth-order valence-corrected chi connectivity index (χ4v) is 4.67. The molecule has 4 bridgehead atoms. The summed E-state index contributed by atoms with van der Waals surface area (Å²) in [7, 11) is 0. The van der Waals surface area contributed by atoms with Crippen molar-refractivity contribution in [3.8, 4) is 0 Å². The lowest BCUT2D eigenvalue weighted by Gasteiger charge is -2.50. The van der Waals surface area contributed by atoms with E-state index in [1.807, 2.05) is 0 Å². The molecule has 0 heterocycles. The summed E-state index contributed by atoms with van der Waals surface area (Å²) in [5, 5.41) is 4.78. The van der Waals surface area contributed by atoms with Crippen molar-refractivity contribution >= 4 is 5.71 Å². The van der Waals surface area contributed by atoms with Crippen LogP contribution in [0.2, 0.25) is 0 Å². The van der Waals surface area contributed by atoms with E-state index in [1.54, 1.807) is 0 Å². The second-order valence-electron chi connectivity index (χ2n) is 6.66. The van der Waals surface area contributed by atoms with Crippen LogP contribution in [0, 0.1) is 23.7 Å². The highest BCUT2D eigenvalue weighted by molar-refractivity contribution is 5.90. The van der Waals surface area contributed by atoms with E-state index in [1.165, 1.54) is 43.4 Å². The summed E-state index contributed by atoms with van der Waals surface area (Å²) in [5.74, 6) is 3.66. The first-order valence-corrected chi connectivity index (χ1v) is 7.72. The number of nitrogens with zero attached hydrogens (tertiary/aromatic N) is 1. The zero-order valence-corrected chi connectivity index (χ0v) is 11.4. The Labute approximate surface area is 115 Å². The Hall–Kier alpha value is -1.31. The molecule has 0 radical (unpaired) electrons. The largest absolute Gasteiger partial charge is 0.306 e. The van der Waals surface area contributed by atoms with Gasteiger partial charge in [0.1, 0.15) is 0 Å². The second-order valence-corrected chi connectivity index (χ2v) is 6.66. The van der Waals surface area contributed by atoms with Gasteiger partial charge in [-0.25, -0.2) is 0 Å². The van der Waals surface area contributed by atoms with Crippen LogP contribution in [0.3, 0.4) is 0 Å². The normalized spacial score (nSPS) is 35.5. The van der Waals surface area contributed by atoms with Crippen LogP contribution in [0.5, 0.6) is 0 Å². The molecule has 4 aliphatic rings. The van der Waals surface area contributed by atoms with Crippen LogP contribution in [0.15, 0.2) is 35.4 Å². The Morgan fingerprint density at radius 2 is 1.53 bits per heavy atom. The Morgan fingerprint density at radius 3 is 2.16 bits per heavy atom. The van der Waals surface area contributed by atoms with Crippen molar-refractivity contribution < 1.29 is 0 Å². The SMILES string of the molecule is c1ccc(CNN=C2C3CC4CC(C3)CC2C4)cc1. The van der Waals surface area contributed by atoms with E-state index in [0.29, 0.717) is 0 Å². The molecule has 19 heavy (non-hydrogen) atoms. The Morgan fingerprint density at radius 1 is 0.895 bits per heavy atom. The van der Waals surface area contributed by atoms with Gasteiger partial charge in [0.25, 0.3) is 0 Å². The van der Waals surface area contributed by atoms with E-state index in [4.69, 9.17) is 5.10 Å². The maximum atomic E-state index is 4.78. The molecule has 0 atom stereocenters. The van der Waals surface area contributed by atoms with E-state index in [9.17, 15) is 0 Å². The van der Waals surface area contributed by atoms with Crippen molar-refractivity contribution in [2.24, 2.45) is 28.8 Å². The van der Waals surface area contributed by atoms with Crippen molar-refractivity contribution in [2.45, 2.75) is 38.6 Å². The molecule has 5 rings (SSSR count). The Bertz CT molecular complexity index is 447. The monoisotopic (exact) mass is 254 g/mol. The van der Waals surface area contributed by atoms with Crippen LogP contribution in [0.25, 0.3) is 0 Å². The predicted molar refractivity (Wildman–Crippen MR) is 77.8 cm³/mol. The van der Waals surface area contributed by atoms with Crippen LogP contribution < -0.4 is 5.43 Å². The van der Waals surface area contributed by atoms with Gasteiger partial charge in [-0.3, -0.25) is 0 Å². The highest BCUT2D eigenvalue weighted by Crippen LogP contribution is 2.52. The van der Waals surface area contributed by atoms with Gasteiger partial charge in [0.05, 0.1) is 6.54 Å². The Balaban J connectivity index is 1.43. The van der Waals surface area contributed by atoms with E-state index in [2.05, 4.69) is 35.8 Å². The molecule has 0 aliphatic heterocycles. The molecular formula is C17H22N2. The van der Waals surface area contributed by atoms with Gasteiger partial charge in [0, 0.05) is 5.71 Å². The quantitative estimate of drug-likeness (QED) is 0.819. The third-order valence-corrected chi connectivity index (χ3v) is 5.31. The highest BCUT2D eigenvalue weighted by atomic mass is 15.3. The van der Waals surface area contributed by atoms with E-state index in [-0.39, 0.29) is 0 Å². The molecule has 0 amide bonds. The standard InChI is InChI=1S/C17H22N2/c1-2-4-12(5-3-1)11-18-19-17-15-7-13-6-14(9-15)10-16(17)8-13/h1-5,13-16,18H,6-11H2.